The smallest absolute Gasteiger partial charge is 0.412 e. The number of benzene rings is 1. The lowest BCUT2D eigenvalue weighted by Crippen LogP contribution is -2.28. The molecule has 0 aliphatic heterocycles. The zero-order valence-electron chi connectivity index (χ0n) is 12.6. The highest BCUT2D eigenvalue weighted by Crippen LogP contribution is 2.23. The molecule has 5 heteroatoms. The normalized spacial score (nSPS) is 12.2. The van der Waals surface area contributed by atoms with Crippen LogP contribution in [0.5, 0.6) is 0 Å². The largest absolute Gasteiger partial charge is 0.444 e. The molecule has 0 fully saturated rings. The van der Waals surface area contributed by atoms with Gasteiger partial charge in [0, 0.05) is 12.1 Å². The molecule has 0 unspecified atom stereocenters. The zero-order valence-corrected chi connectivity index (χ0v) is 12.6. The number of carbonyl (C=O) groups is 1. The molecule has 0 heterocycles. The van der Waals surface area contributed by atoms with Crippen LogP contribution in [0, 0.1) is 5.82 Å². The van der Waals surface area contributed by atoms with E-state index in [1.54, 1.807) is 34.6 Å². The highest BCUT2D eigenvalue weighted by molar-refractivity contribution is 5.86. The number of anilines is 1. The van der Waals surface area contributed by atoms with E-state index in [-0.39, 0.29) is 6.42 Å². The maximum absolute atomic E-state index is 13.3. The summed E-state index contributed by atoms with van der Waals surface area (Å²) < 4.78 is 18.5. The molecule has 0 radical (unpaired) electrons. The molecular weight excluding hydrogens is 261 g/mol. The Labute approximate surface area is 119 Å². The molecule has 112 valence electrons. The predicted octanol–water partition coefficient (Wildman–Crippen LogP) is 3.49. The van der Waals surface area contributed by atoms with Crippen LogP contribution in [0.4, 0.5) is 14.9 Å². The summed E-state index contributed by atoms with van der Waals surface area (Å²) in [5, 5.41) is 12.4. The first-order valence-electron chi connectivity index (χ1n) is 6.47. The summed E-state index contributed by atoms with van der Waals surface area (Å²) >= 11 is 0. The van der Waals surface area contributed by atoms with Crippen molar-refractivity contribution in [2.75, 3.05) is 5.32 Å². The van der Waals surface area contributed by atoms with Gasteiger partial charge in [-0.15, -0.1) is 0 Å². The number of nitrogens with one attached hydrogen (secondary N) is 1. The molecule has 1 amide bonds. The van der Waals surface area contributed by atoms with Crippen LogP contribution in [0.1, 0.15) is 40.2 Å². The van der Waals surface area contributed by atoms with Crippen LogP contribution in [0.15, 0.2) is 18.2 Å². The van der Waals surface area contributed by atoms with Crippen molar-refractivity contribution in [3.63, 3.8) is 0 Å². The van der Waals surface area contributed by atoms with E-state index in [9.17, 15) is 14.3 Å². The number of rotatable bonds is 3. The van der Waals surface area contributed by atoms with Gasteiger partial charge in [-0.05, 0) is 58.4 Å². The summed E-state index contributed by atoms with van der Waals surface area (Å²) in [4.78, 5) is 11.7. The Balaban J connectivity index is 2.92. The van der Waals surface area contributed by atoms with Crippen molar-refractivity contribution in [3.8, 4) is 0 Å². The molecule has 0 saturated carbocycles. The third-order valence-corrected chi connectivity index (χ3v) is 2.33. The van der Waals surface area contributed by atoms with Crippen molar-refractivity contribution in [1.29, 1.82) is 0 Å². The quantitative estimate of drug-likeness (QED) is 0.892. The van der Waals surface area contributed by atoms with E-state index in [0.29, 0.717) is 11.3 Å². The SMILES string of the molecule is CC(C)(O)Cc1cc(F)ccc1NC(=O)OC(C)(C)C. The molecule has 1 rings (SSSR count). The number of halogens is 1. The molecule has 0 aromatic heterocycles. The molecule has 0 saturated heterocycles. The van der Waals surface area contributed by atoms with E-state index in [1.165, 1.54) is 18.2 Å². The van der Waals surface area contributed by atoms with Gasteiger partial charge in [0.25, 0.3) is 0 Å². The third-order valence-electron chi connectivity index (χ3n) is 2.33. The number of aliphatic hydroxyl groups is 1. The Morgan fingerprint density at radius 3 is 2.40 bits per heavy atom. The van der Waals surface area contributed by atoms with Crippen LogP contribution in [0.3, 0.4) is 0 Å². The summed E-state index contributed by atoms with van der Waals surface area (Å²) in [7, 11) is 0. The van der Waals surface area contributed by atoms with Crippen molar-refractivity contribution < 1.29 is 19.0 Å². The zero-order chi connectivity index (χ0) is 15.6. The van der Waals surface area contributed by atoms with Crippen molar-refractivity contribution >= 4 is 11.8 Å². The van der Waals surface area contributed by atoms with Gasteiger partial charge >= 0.3 is 6.09 Å². The number of hydrogen-bond donors (Lipinski definition) is 2. The number of ether oxygens (including phenoxy) is 1. The van der Waals surface area contributed by atoms with Crippen LogP contribution >= 0.6 is 0 Å². The van der Waals surface area contributed by atoms with Gasteiger partial charge in [-0.25, -0.2) is 9.18 Å². The standard InChI is InChI=1S/C15H22FNO3/c1-14(2,3)20-13(18)17-12-7-6-11(16)8-10(12)9-15(4,5)19/h6-8,19H,9H2,1-5H3,(H,17,18). The summed E-state index contributed by atoms with van der Waals surface area (Å²) in [6, 6.07) is 4.01. The van der Waals surface area contributed by atoms with Crippen molar-refractivity contribution in [1.82, 2.24) is 0 Å². The van der Waals surface area contributed by atoms with Gasteiger partial charge in [-0.2, -0.15) is 0 Å². The Bertz CT molecular complexity index is 487. The Morgan fingerprint density at radius 2 is 1.90 bits per heavy atom. The van der Waals surface area contributed by atoms with Crippen molar-refractivity contribution in [2.45, 2.75) is 52.2 Å². The molecule has 0 spiro atoms. The lowest BCUT2D eigenvalue weighted by Gasteiger charge is -2.22. The molecule has 0 aliphatic carbocycles. The minimum atomic E-state index is -1.00. The fourth-order valence-corrected chi connectivity index (χ4v) is 1.71. The van der Waals surface area contributed by atoms with Gasteiger partial charge in [0.1, 0.15) is 11.4 Å². The van der Waals surface area contributed by atoms with Crippen LogP contribution in [-0.2, 0) is 11.2 Å². The van der Waals surface area contributed by atoms with E-state index < -0.39 is 23.1 Å². The summed E-state index contributed by atoms with van der Waals surface area (Å²) in [5.41, 5.74) is -0.662. The van der Waals surface area contributed by atoms with Crippen molar-refractivity contribution in [3.05, 3.63) is 29.6 Å². The molecule has 1 aromatic carbocycles. The average molecular weight is 283 g/mol. The monoisotopic (exact) mass is 283 g/mol. The highest BCUT2D eigenvalue weighted by Gasteiger charge is 2.20. The second kappa shape index (κ2) is 5.79. The van der Waals surface area contributed by atoms with Gasteiger partial charge in [-0.3, -0.25) is 5.32 Å². The van der Waals surface area contributed by atoms with Crippen molar-refractivity contribution in [2.24, 2.45) is 0 Å². The molecule has 0 bridgehead atoms. The summed E-state index contributed by atoms with van der Waals surface area (Å²) in [6.07, 6.45) is -0.392. The first-order valence-corrected chi connectivity index (χ1v) is 6.47. The number of amides is 1. The summed E-state index contributed by atoms with van der Waals surface area (Å²) in [5.74, 6) is -0.418. The minimum absolute atomic E-state index is 0.218. The Kier molecular flexibility index (Phi) is 4.76. The number of carbonyl (C=O) groups excluding carboxylic acids is 1. The molecule has 2 N–H and O–H groups in total. The lowest BCUT2D eigenvalue weighted by atomic mass is 9.97. The first-order chi connectivity index (χ1) is 8.96. The van der Waals surface area contributed by atoms with E-state index in [2.05, 4.69) is 5.32 Å². The lowest BCUT2D eigenvalue weighted by molar-refractivity contribution is 0.0632. The van der Waals surface area contributed by atoms with E-state index in [1.807, 2.05) is 0 Å². The van der Waals surface area contributed by atoms with E-state index >= 15 is 0 Å². The molecule has 0 aliphatic rings. The average Bonchev–Trinajstić information content (AvgIpc) is 2.17. The van der Waals surface area contributed by atoms with Crippen LogP contribution < -0.4 is 5.32 Å². The second-order valence-electron chi connectivity index (χ2n) is 6.42. The first kappa shape index (κ1) is 16.4. The maximum atomic E-state index is 13.3. The van der Waals surface area contributed by atoms with Gasteiger partial charge in [-0.1, -0.05) is 0 Å². The molecule has 0 atom stereocenters. The third kappa shape index (κ3) is 6.02. The van der Waals surface area contributed by atoms with E-state index in [4.69, 9.17) is 4.74 Å². The van der Waals surface area contributed by atoms with Gasteiger partial charge in [0.15, 0.2) is 0 Å². The van der Waals surface area contributed by atoms with Gasteiger partial charge in [0.2, 0.25) is 0 Å². The minimum Gasteiger partial charge on any atom is -0.444 e. The molecular formula is C15H22FNO3. The van der Waals surface area contributed by atoms with Crippen LogP contribution in [-0.4, -0.2) is 22.4 Å². The molecule has 20 heavy (non-hydrogen) atoms. The van der Waals surface area contributed by atoms with Gasteiger partial charge < -0.3 is 9.84 Å². The Hall–Kier alpha value is -1.62. The summed E-state index contributed by atoms with van der Waals surface area (Å²) in [6.45, 7) is 8.52. The topological polar surface area (TPSA) is 58.6 Å². The second-order valence-corrected chi connectivity index (χ2v) is 6.42. The molecule has 1 aromatic rings. The number of hydrogen-bond acceptors (Lipinski definition) is 3. The molecule has 4 nitrogen and oxygen atoms in total. The Morgan fingerprint density at radius 1 is 1.30 bits per heavy atom. The van der Waals surface area contributed by atoms with Crippen LogP contribution in [0.2, 0.25) is 0 Å². The predicted molar refractivity (Wildman–Crippen MR) is 76.3 cm³/mol. The van der Waals surface area contributed by atoms with E-state index in [0.717, 1.165) is 0 Å². The highest BCUT2D eigenvalue weighted by atomic mass is 19.1. The van der Waals surface area contributed by atoms with Gasteiger partial charge in [0.05, 0.1) is 5.60 Å². The fourth-order valence-electron chi connectivity index (χ4n) is 1.71. The van der Waals surface area contributed by atoms with Crippen LogP contribution in [0.25, 0.3) is 0 Å². The fraction of sp³-hybridized carbons (Fsp3) is 0.533. The maximum Gasteiger partial charge on any atom is 0.412 e.